The molecular weight excluding hydrogens is 280 g/mol. The molecule has 0 unspecified atom stereocenters. The van der Waals surface area contributed by atoms with E-state index in [-0.39, 0.29) is 6.42 Å². The molecule has 1 aromatic carbocycles. The van der Waals surface area contributed by atoms with E-state index >= 15 is 0 Å². The summed E-state index contributed by atoms with van der Waals surface area (Å²) in [5, 5.41) is 3.41. The van der Waals surface area contributed by atoms with Crippen LogP contribution in [0, 0.1) is 0 Å². The Hall–Kier alpha value is -1.93. The highest BCUT2D eigenvalue weighted by Crippen LogP contribution is 2.08. The smallest absolute Gasteiger partial charge is 0.253 e. The molecule has 8 heteroatoms. The first-order valence-corrected chi connectivity index (χ1v) is 7.66. The molecule has 1 amide bonds. The topological polar surface area (TPSA) is 119 Å². The maximum atomic E-state index is 11.9. The number of carbonyl (C=O) groups is 1. The van der Waals surface area contributed by atoms with Gasteiger partial charge in [-0.1, -0.05) is 24.3 Å². The molecule has 0 aliphatic heterocycles. The molecule has 1 rings (SSSR count). The second kappa shape index (κ2) is 6.49. The normalized spacial score (nSPS) is 13.3. The van der Waals surface area contributed by atoms with Gasteiger partial charge >= 0.3 is 0 Å². The zero-order valence-electron chi connectivity index (χ0n) is 11.4. The van der Waals surface area contributed by atoms with Crippen molar-refractivity contribution in [3.05, 3.63) is 35.4 Å². The van der Waals surface area contributed by atoms with Crippen molar-refractivity contribution in [2.24, 2.45) is 16.7 Å². The standard InChI is InChI=1S/C12H18N4O3S/c1-16(20(2,18)19)12(17)11(13)7-9-4-3-5-10(6-9)8-15-14/h3-6,8,11H,7,13-14H2,1-2H3/t11-/m0/s1. The summed E-state index contributed by atoms with van der Waals surface area (Å²) < 4.78 is 23.2. The van der Waals surface area contributed by atoms with Crippen molar-refractivity contribution >= 4 is 22.1 Å². The highest BCUT2D eigenvalue weighted by molar-refractivity contribution is 7.88. The van der Waals surface area contributed by atoms with Gasteiger partial charge in [-0.2, -0.15) is 5.10 Å². The first-order chi connectivity index (χ1) is 9.25. The van der Waals surface area contributed by atoms with E-state index in [1.807, 2.05) is 0 Å². The van der Waals surface area contributed by atoms with Crippen LogP contribution in [0.5, 0.6) is 0 Å². The number of nitrogens with zero attached hydrogens (tertiary/aromatic N) is 2. The van der Waals surface area contributed by atoms with E-state index in [0.717, 1.165) is 17.4 Å². The lowest BCUT2D eigenvalue weighted by molar-refractivity contribution is -0.126. The molecule has 110 valence electrons. The van der Waals surface area contributed by atoms with Gasteiger partial charge in [0.25, 0.3) is 5.91 Å². The average Bonchev–Trinajstić information content (AvgIpc) is 2.36. The fraction of sp³-hybridized carbons (Fsp3) is 0.333. The van der Waals surface area contributed by atoms with Crippen LogP contribution in [0.4, 0.5) is 0 Å². The third kappa shape index (κ3) is 4.32. The molecule has 0 aliphatic carbocycles. The number of amides is 1. The molecule has 0 heterocycles. The van der Waals surface area contributed by atoms with Crippen molar-refractivity contribution in [1.82, 2.24) is 4.31 Å². The van der Waals surface area contributed by atoms with Crippen LogP contribution >= 0.6 is 0 Å². The summed E-state index contributed by atoms with van der Waals surface area (Å²) in [6.45, 7) is 0. The van der Waals surface area contributed by atoms with Gasteiger partial charge in [0.1, 0.15) is 0 Å². The molecule has 0 aromatic heterocycles. The lowest BCUT2D eigenvalue weighted by Crippen LogP contribution is -2.45. The van der Waals surface area contributed by atoms with E-state index in [1.165, 1.54) is 13.3 Å². The zero-order chi connectivity index (χ0) is 15.3. The van der Waals surface area contributed by atoms with Gasteiger partial charge in [0.05, 0.1) is 18.5 Å². The van der Waals surface area contributed by atoms with Gasteiger partial charge in [-0.05, 0) is 17.5 Å². The van der Waals surface area contributed by atoms with Crippen molar-refractivity contribution in [1.29, 1.82) is 0 Å². The van der Waals surface area contributed by atoms with Crippen LogP contribution in [0.1, 0.15) is 11.1 Å². The number of nitrogens with two attached hydrogens (primary N) is 2. The molecule has 0 saturated carbocycles. The molecule has 1 atom stereocenters. The molecule has 0 fully saturated rings. The van der Waals surface area contributed by atoms with Gasteiger partial charge in [-0.15, -0.1) is 0 Å². The number of carbonyl (C=O) groups excluding carboxylic acids is 1. The molecule has 0 bridgehead atoms. The molecule has 0 saturated heterocycles. The van der Waals surface area contributed by atoms with Gasteiger partial charge in [0.2, 0.25) is 10.0 Å². The number of hydrogen-bond acceptors (Lipinski definition) is 6. The summed E-state index contributed by atoms with van der Waals surface area (Å²) in [5.41, 5.74) is 7.33. The van der Waals surface area contributed by atoms with Crippen LogP contribution in [0.15, 0.2) is 29.4 Å². The summed E-state index contributed by atoms with van der Waals surface area (Å²) in [4.78, 5) is 11.9. The summed E-state index contributed by atoms with van der Waals surface area (Å²) >= 11 is 0. The minimum Gasteiger partial charge on any atom is -0.323 e. The van der Waals surface area contributed by atoms with Crippen LogP contribution in [-0.4, -0.2) is 44.2 Å². The third-order valence-electron chi connectivity index (χ3n) is 2.76. The van der Waals surface area contributed by atoms with Crippen molar-refractivity contribution in [3.8, 4) is 0 Å². The molecular formula is C12H18N4O3S. The number of benzene rings is 1. The number of rotatable bonds is 5. The predicted octanol–water partition coefficient (Wildman–Crippen LogP) is -0.733. The minimum absolute atomic E-state index is 0.227. The monoisotopic (exact) mass is 298 g/mol. The molecule has 7 nitrogen and oxygen atoms in total. The van der Waals surface area contributed by atoms with E-state index in [4.69, 9.17) is 11.6 Å². The summed E-state index contributed by atoms with van der Waals surface area (Å²) in [6.07, 6.45) is 2.65. The highest BCUT2D eigenvalue weighted by atomic mass is 32.2. The van der Waals surface area contributed by atoms with Crippen LogP contribution in [0.2, 0.25) is 0 Å². The van der Waals surface area contributed by atoms with Crippen molar-refractivity contribution in [2.75, 3.05) is 13.3 Å². The van der Waals surface area contributed by atoms with Crippen LogP contribution in [-0.2, 0) is 21.2 Å². The first kappa shape index (κ1) is 16.1. The Morgan fingerprint density at radius 1 is 1.50 bits per heavy atom. The Morgan fingerprint density at radius 2 is 2.15 bits per heavy atom. The number of hydrogen-bond donors (Lipinski definition) is 2. The van der Waals surface area contributed by atoms with Crippen molar-refractivity contribution in [3.63, 3.8) is 0 Å². The highest BCUT2D eigenvalue weighted by Gasteiger charge is 2.24. The summed E-state index contributed by atoms with van der Waals surface area (Å²) in [6, 6.07) is 6.23. The second-order valence-corrected chi connectivity index (χ2v) is 6.42. The van der Waals surface area contributed by atoms with Crippen LogP contribution in [0.3, 0.4) is 0 Å². The number of sulfonamides is 1. The second-order valence-electron chi connectivity index (χ2n) is 4.40. The molecule has 4 N–H and O–H groups in total. The van der Waals surface area contributed by atoms with Crippen LogP contribution < -0.4 is 11.6 Å². The Kier molecular flexibility index (Phi) is 5.23. The van der Waals surface area contributed by atoms with Gasteiger partial charge in [0, 0.05) is 7.05 Å². The lowest BCUT2D eigenvalue weighted by atomic mass is 10.0. The first-order valence-electron chi connectivity index (χ1n) is 5.81. The lowest BCUT2D eigenvalue weighted by Gasteiger charge is -2.19. The van der Waals surface area contributed by atoms with Gasteiger partial charge in [0.15, 0.2) is 0 Å². The SMILES string of the molecule is CN(C(=O)[C@@H](N)Cc1cccc(C=NN)c1)S(C)(=O)=O. The largest absolute Gasteiger partial charge is 0.323 e. The molecule has 0 radical (unpaired) electrons. The maximum absolute atomic E-state index is 11.9. The van der Waals surface area contributed by atoms with Gasteiger partial charge < -0.3 is 11.6 Å². The Labute approximate surface area is 118 Å². The molecule has 20 heavy (non-hydrogen) atoms. The minimum atomic E-state index is -3.59. The fourth-order valence-electron chi connectivity index (χ4n) is 1.62. The fourth-order valence-corrected chi connectivity index (χ4v) is 2.09. The number of hydrazone groups is 1. The van der Waals surface area contributed by atoms with E-state index in [2.05, 4.69) is 5.10 Å². The average molecular weight is 298 g/mol. The third-order valence-corrected chi connectivity index (χ3v) is 3.93. The quantitative estimate of drug-likeness (QED) is 0.422. The Morgan fingerprint density at radius 3 is 2.70 bits per heavy atom. The van der Waals surface area contributed by atoms with Gasteiger partial charge in [-0.3, -0.25) is 4.79 Å². The number of likely N-dealkylation sites (N-methyl/N-ethyl adjacent to an activating group) is 1. The predicted molar refractivity (Wildman–Crippen MR) is 77.5 cm³/mol. The summed E-state index contributed by atoms with van der Waals surface area (Å²) in [5.74, 6) is 4.42. The van der Waals surface area contributed by atoms with Crippen LogP contribution in [0.25, 0.3) is 0 Å². The molecule has 0 spiro atoms. The Bertz CT molecular complexity index is 613. The van der Waals surface area contributed by atoms with Gasteiger partial charge in [-0.25, -0.2) is 12.7 Å². The van der Waals surface area contributed by atoms with E-state index in [9.17, 15) is 13.2 Å². The van der Waals surface area contributed by atoms with E-state index in [0.29, 0.717) is 4.31 Å². The van der Waals surface area contributed by atoms with E-state index in [1.54, 1.807) is 24.3 Å². The zero-order valence-corrected chi connectivity index (χ0v) is 12.2. The van der Waals surface area contributed by atoms with Crippen molar-refractivity contribution < 1.29 is 13.2 Å². The summed E-state index contributed by atoms with van der Waals surface area (Å²) in [7, 11) is -2.40. The molecule has 1 aromatic rings. The van der Waals surface area contributed by atoms with Crippen molar-refractivity contribution in [2.45, 2.75) is 12.5 Å². The Balaban J connectivity index is 2.83. The maximum Gasteiger partial charge on any atom is 0.253 e. The molecule has 0 aliphatic rings. The van der Waals surface area contributed by atoms with E-state index < -0.39 is 22.0 Å².